The minimum absolute atomic E-state index is 0.110. The fraction of sp³-hybridized carbons (Fsp3) is 0.250. The van der Waals surface area contributed by atoms with Crippen LogP contribution < -0.4 is 11.3 Å². The number of carboxylic acids is 1. The molecule has 0 fully saturated rings. The smallest absolute Gasteiger partial charge is 0.307 e. The molecule has 0 bridgehead atoms. The second-order valence-electron chi connectivity index (χ2n) is 2.86. The molecule has 5 nitrogen and oxygen atoms in total. The van der Waals surface area contributed by atoms with Gasteiger partial charge in [-0.25, -0.2) is 8.78 Å². The molecular weight excluding hydrogens is 210 g/mol. The van der Waals surface area contributed by atoms with Crippen LogP contribution in [0.2, 0.25) is 0 Å². The molecule has 0 amide bonds. The Hall–Kier alpha value is -1.92. The third-order valence-electron chi connectivity index (χ3n) is 1.75. The highest BCUT2D eigenvalue weighted by atomic mass is 19.3. The lowest BCUT2D eigenvalue weighted by atomic mass is 10.1. The summed E-state index contributed by atoms with van der Waals surface area (Å²) in [5, 5.41) is 8.46. The molecular formula is C8H8F2N2O3. The molecule has 0 aliphatic carbocycles. The molecule has 0 aliphatic rings. The molecule has 0 atom stereocenters. The van der Waals surface area contributed by atoms with E-state index in [1.807, 2.05) is 4.98 Å². The van der Waals surface area contributed by atoms with Gasteiger partial charge in [-0.3, -0.25) is 9.59 Å². The van der Waals surface area contributed by atoms with E-state index in [-0.39, 0.29) is 11.3 Å². The van der Waals surface area contributed by atoms with Crippen LogP contribution in [0.5, 0.6) is 0 Å². The molecule has 0 saturated heterocycles. The average molecular weight is 218 g/mol. The zero-order valence-electron chi connectivity index (χ0n) is 7.46. The van der Waals surface area contributed by atoms with Gasteiger partial charge in [-0.15, -0.1) is 0 Å². The lowest BCUT2D eigenvalue weighted by molar-refractivity contribution is -0.136. The molecule has 0 aliphatic heterocycles. The number of pyridine rings is 1. The molecule has 1 heterocycles. The number of aromatic amines is 1. The lowest BCUT2D eigenvalue weighted by Crippen LogP contribution is -2.18. The van der Waals surface area contributed by atoms with E-state index in [2.05, 4.69) is 0 Å². The zero-order valence-corrected chi connectivity index (χ0v) is 7.46. The number of H-pyrrole nitrogens is 1. The van der Waals surface area contributed by atoms with E-state index >= 15 is 0 Å². The van der Waals surface area contributed by atoms with Crippen molar-refractivity contribution < 1.29 is 18.7 Å². The number of nitrogens with one attached hydrogen (secondary N) is 1. The maximum Gasteiger partial charge on any atom is 0.307 e. The van der Waals surface area contributed by atoms with Crippen molar-refractivity contribution in [2.45, 2.75) is 12.8 Å². The van der Waals surface area contributed by atoms with Gasteiger partial charge in [0, 0.05) is 0 Å². The molecule has 0 saturated carbocycles. The van der Waals surface area contributed by atoms with E-state index < -0.39 is 30.1 Å². The third-order valence-corrected chi connectivity index (χ3v) is 1.75. The van der Waals surface area contributed by atoms with Crippen LogP contribution in [0.4, 0.5) is 14.5 Å². The summed E-state index contributed by atoms with van der Waals surface area (Å²) in [7, 11) is 0. The van der Waals surface area contributed by atoms with Crippen molar-refractivity contribution in [3.63, 3.8) is 0 Å². The van der Waals surface area contributed by atoms with Crippen LogP contribution in [0.25, 0.3) is 0 Å². The van der Waals surface area contributed by atoms with Crippen molar-refractivity contribution in [2.75, 3.05) is 5.73 Å². The van der Waals surface area contributed by atoms with Crippen molar-refractivity contribution in [1.82, 2.24) is 4.98 Å². The van der Waals surface area contributed by atoms with E-state index in [0.29, 0.717) is 0 Å². The summed E-state index contributed by atoms with van der Waals surface area (Å²) in [4.78, 5) is 23.3. The van der Waals surface area contributed by atoms with Crippen molar-refractivity contribution in [2.24, 2.45) is 0 Å². The number of aromatic nitrogens is 1. The summed E-state index contributed by atoms with van der Waals surface area (Å²) in [6, 6.07) is 0.884. The summed E-state index contributed by atoms with van der Waals surface area (Å²) in [6.45, 7) is 0. The second-order valence-corrected chi connectivity index (χ2v) is 2.86. The van der Waals surface area contributed by atoms with Gasteiger partial charge in [0.15, 0.2) is 0 Å². The van der Waals surface area contributed by atoms with Gasteiger partial charge in [-0.05, 0) is 11.6 Å². The van der Waals surface area contributed by atoms with Crippen molar-refractivity contribution in [3.8, 4) is 0 Å². The molecule has 7 heteroatoms. The Morgan fingerprint density at radius 3 is 2.67 bits per heavy atom. The van der Waals surface area contributed by atoms with Gasteiger partial charge < -0.3 is 15.8 Å². The Labute approximate surface area is 82.5 Å². The van der Waals surface area contributed by atoms with Crippen molar-refractivity contribution in [3.05, 3.63) is 27.7 Å². The monoisotopic (exact) mass is 218 g/mol. The van der Waals surface area contributed by atoms with Crippen LogP contribution in [-0.2, 0) is 11.2 Å². The van der Waals surface area contributed by atoms with Gasteiger partial charge in [-0.1, -0.05) is 0 Å². The van der Waals surface area contributed by atoms with Gasteiger partial charge >= 0.3 is 5.97 Å². The summed E-state index contributed by atoms with van der Waals surface area (Å²) in [5.74, 6) is -1.24. The van der Waals surface area contributed by atoms with Gasteiger partial charge in [0.05, 0.1) is 12.1 Å². The predicted molar refractivity (Wildman–Crippen MR) is 47.8 cm³/mol. The number of aliphatic carboxylic acids is 1. The van der Waals surface area contributed by atoms with E-state index in [1.165, 1.54) is 0 Å². The fourth-order valence-electron chi connectivity index (χ4n) is 1.07. The van der Waals surface area contributed by atoms with Gasteiger partial charge in [-0.2, -0.15) is 0 Å². The first-order chi connectivity index (χ1) is 6.91. The number of carbonyl (C=O) groups is 1. The Morgan fingerprint density at radius 2 is 2.20 bits per heavy atom. The Kier molecular flexibility index (Phi) is 3.03. The zero-order chi connectivity index (χ0) is 11.6. The molecule has 15 heavy (non-hydrogen) atoms. The first-order valence-electron chi connectivity index (χ1n) is 3.93. The standard InChI is InChI=1S/C8H8F2N2O3/c9-7(10)4-1-3(2-5(13)14)6(11)8(15)12-4/h1,7H,2,11H2,(H,12,15)(H,13,14). The van der Waals surface area contributed by atoms with E-state index in [9.17, 15) is 18.4 Å². The highest BCUT2D eigenvalue weighted by Crippen LogP contribution is 2.18. The molecule has 1 aromatic heterocycles. The number of hydrogen-bond donors (Lipinski definition) is 3. The fourth-order valence-corrected chi connectivity index (χ4v) is 1.07. The third kappa shape index (κ3) is 2.52. The van der Waals surface area contributed by atoms with Crippen LogP contribution in [0, 0.1) is 0 Å². The lowest BCUT2D eigenvalue weighted by Gasteiger charge is -2.05. The average Bonchev–Trinajstić information content (AvgIpc) is 2.11. The minimum atomic E-state index is -2.87. The number of anilines is 1. The first-order valence-corrected chi connectivity index (χ1v) is 3.93. The maximum absolute atomic E-state index is 12.2. The molecule has 0 spiro atoms. The number of hydrogen-bond acceptors (Lipinski definition) is 3. The summed E-state index contributed by atoms with van der Waals surface area (Å²) in [6.07, 6.45) is -3.43. The molecule has 82 valence electrons. The summed E-state index contributed by atoms with van der Waals surface area (Å²) in [5.41, 5.74) is 3.26. The SMILES string of the molecule is Nc1c(CC(=O)O)cc(C(F)F)[nH]c1=O. The van der Waals surface area contributed by atoms with E-state index in [1.54, 1.807) is 0 Å². The Bertz CT molecular complexity index is 442. The van der Waals surface area contributed by atoms with Crippen molar-refractivity contribution in [1.29, 1.82) is 0 Å². The summed E-state index contributed by atoms with van der Waals surface area (Å²) >= 11 is 0. The highest BCUT2D eigenvalue weighted by molar-refractivity contribution is 5.72. The normalized spacial score (nSPS) is 10.6. The molecule has 1 aromatic rings. The van der Waals surface area contributed by atoms with Crippen LogP contribution in [0.15, 0.2) is 10.9 Å². The van der Waals surface area contributed by atoms with Gasteiger partial charge in [0.1, 0.15) is 5.69 Å². The van der Waals surface area contributed by atoms with Gasteiger partial charge in [0.2, 0.25) is 0 Å². The molecule has 0 radical (unpaired) electrons. The number of rotatable bonds is 3. The predicted octanol–water partition coefficient (Wildman–Crippen LogP) is 0.522. The second kappa shape index (κ2) is 4.07. The highest BCUT2D eigenvalue weighted by Gasteiger charge is 2.14. The van der Waals surface area contributed by atoms with Crippen LogP contribution in [0.3, 0.4) is 0 Å². The summed E-state index contributed by atoms with van der Waals surface area (Å²) < 4.78 is 24.5. The molecule has 4 N–H and O–H groups in total. The molecule has 1 rings (SSSR count). The number of nitrogen functional groups attached to an aromatic ring is 1. The van der Waals surface area contributed by atoms with Gasteiger partial charge in [0.25, 0.3) is 12.0 Å². The largest absolute Gasteiger partial charge is 0.481 e. The van der Waals surface area contributed by atoms with Crippen molar-refractivity contribution >= 4 is 11.7 Å². The first kappa shape index (κ1) is 11.2. The van der Waals surface area contributed by atoms with Crippen LogP contribution in [-0.4, -0.2) is 16.1 Å². The van der Waals surface area contributed by atoms with E-state index in [4.69, 9.17) is 10.8 Å². The number of carboxylic acid groups (broad SMARTS) is 1. The minimum Gasteiger partial charge on any atom is -0.481 e. The number of nitrogens with two attached hydrogens (primary N) is 1. The topological polar surface area (TPSA) is 96.2 Å². The molecule has 0 aromatic carbocycles. The maximum atomic E-state index is 12.2. The number of halogens is 2. The quantitative estimate of drug-likeness (QED) is 0.689. The Morgan fingerprint density at radius 1 is 1.60 bits per heavy atom. The van der Waals surface area contributed by atoms with Crippen LogP contribution in [0.1, 0.15) is 17.7 Å². The Balaban J connectivity index is 3.25. The van der Waals surface area contributed by atoms with Crippen LogP contribution >= 0.6 is 0 Å². The number of alkyl halides is 2. The van der Waals surface area contributed by atoms with E-state index in [0.717, 1.165) is 6.07 Å². The molecule has 0 unspecified atom stereocenters.